The van der Waals surface area contributed by atoms with E-state index in [2.05, 4.69) is 18.3 Å². The maximum Gasteiger partial charge on any atom is 0.107 e. The van der Waals surface area contributed by atoms with Gasteiger partial charge in [0.1, 0.15) is 5.54 Å². The Morgan fingerprint density at radius 1 is 1.69 bits per heavy atom. The molecule has 0 aromatic heterocycles. The summed E-state index contributed by atoms with van der Waals surface area (Å²) < 4.78 is 0. The van der Waals surface area contributed by atoms with E-state index in [1.54, 1.807) is 0 Å². The third-order valence-electron chi connectivity index (χ3n) is 2.72. The van der Waals surface area contributed by atoms with E-state index in [1.165, 1.54) is 18.6 Å². The van der Waals surface area contributed by atoms with Crippen LogP contribution in [0, 0.1) is 11.3 Å². The lowest BCUT2D eigenvalue weighted by Crippen LogP contribution is -2.38. The van der Waals surface area contributed by atoms with Crippen LogP contribution in [0.4, 0.5) is 0 Å². The second-order valence-corrected chi connectivity index (χ2v) is 5.09. The summed E-state index contributed by atoms with van der Waals surface area (Å²) in [4.78, 5) is 0. The molecule has 1 saturated carbocycles. The van der Waals surface area contributed by atoms with Crippen molar-refractivity contribution in [2.75, 3.05) is 12.8 Å². The smallest absolute Gasteiger partial charge is 0.107 e. The predicted molar refractivity (Wildman–Crippen MR) is 57.8 cm³/mol. The summed E-state index contributed by atoms with van der Waals surface area (Å²) in [5, 5.41) is 12.9. The van der Waals surface area contributed by atoms with Crippen LogP contribution in [0.2, 0.25) is 0 Å². The van der Waals surface area contributed by atoms with Gasteiger partial charge in [0.05, 0.1) is 6.07 Å². The van der Waals surface area contributed by atoms with Crippen molar-refractivity contribution in [3.63, 3.8) is 0 Å². The van der Waals surface area contributed by atoms with Gasteiger partial charge >= 0.3 is 0 Å². The van der Waals surface area contributed by atoms with E-state index in [1.807, 2.05) is 18.8 Å². The van der Waals surface area contributed by atoms with Gasteiger partial charge < -0.3 is 5.32 Å². The van der Waals surface area contributed by atoms with Crippen LogP contribution in [-0.2, 0) is 0 Å². The minimum atomic E-state index is -0.217. The number of nitrogens with one attached hydrogen (secondary N) is 1. The normalized spacial score (nSPS) is 33.2. The Kier molecular flexibility index (Phi) is 4.08. The molecule has 1 aliphatic carbocycles. The van der Waals surface area contributed by atoms with Crippen LogP contribution < -0.4 is 5.32 Å². The molecule has 0 heterocycles. The minimum absolute atomic E-state index is 0.217. The Hall–Kier alpha value is -0.200. The SMILES string of the molecule is CCCSC1CCC(C#N)(NC)C1. The van der Waals surface area contributed by atoms with Gasteiger partial charge in [-0.25, -0.2) is 0 Å². The highest BCUT2D eigenvalue weighted by Crippen LogP contribution is 2.36. The standard InChI is InChI=1S/C10H18N2S/c1-3-6-13-9-4-5-10(7-9,8-11)12-2/h9,12H,3-7H2,1-2H3. The minimum Gasteiger partial charge on any atom is -0.302 e. The largest absolute Gasteiger partial charge is 0.302 e. The Balaban J connectivity index is 2.39. The van der Waals surface area contributed by atoms with Crippen LogP contribution in [0.15, 0.2) is 0 Å². The van der Waals surface area contributed by atoms with E-state index in [0.29, 0.717) is 5.25 Å². The first-order chi connectivity index (χ1) is 6.26. The molecule has 0 aromatic rings. The van der Waals surface area contributed by atoms with Gasteiger partial charge in [0.15, 0.2) is 0 Å². The van der Waals surface area contributed by atoms with Crippen molar-refractivity contribution in [3.8, 4) is 6.07 Å². The van der Waals surface area contributed by atoms with E-state index >= 15 is 0 Å². The van der Waals surface area contributed by atoms with Crippen LogP contribution in [0.5, 0.6) is 0 Å². The lowest BCUT2D eigenvalue weighted by Gasteiger charge is -2.19. The monoisotopic (exact) mass is 198 g/mol. The Morgan fingerprint density at radius 2 is 2.46 bits per heavy atom. The van der Waals surface area contributed by atoms with Crippen molar-refractivity contribution < 1.29 is 0 Å². The summed E-state index contributed by atoms with van der Waals surface area (Å²) in [5.41, 5.74) is -0.217. The van der Waals surface area contributed by atoms with Crippen molar-refractivity contribution in [1.29, 1.82) is 5.26 Å². The molecule has 74 valence electrons. The number of nitriles is 1. The highest BCUT2D eigenvalue weighted by atomic mass is 32.2. The lowest BCUT2D eigenvalue weighted by atomic mass is 10.0. The molecule has 0 aromatic carbocycles. The second kappa shape index (κ2) is 4.88. The summed E-state index contributed by atoms with van der Waals surface area (Å²) in [6.45, 7) is 2.21. The van der Waals surface area contributed by atoms with Crippen molar-refractivity contribution >= 4 is 11.8 Å². The van der Waals surface area contributed by atoms with Crippen LogP contribution in [0.25, 0.3) is 0 Å². The highest BCUT2D eigenvalue weighted by Gasteiger charge is 2.37. The predicted octanol–water partition coefficient (Wildman–Crippen LogP) is 2.16. The Morgan fingerprint density at radius 3 is 2.92 bits per heavy atom. The molecule has 0 saturated heterocycles. The Bertz CT molecular complexity index is 200. The summed E-state index contributed by atoms with van der Waals surface area (Å²) in [5.74, 6) is 1.23. The Labute approximate surface area is 85.1 Å². The van der Waals surface area contributed by atoms with Crippen LogP contribution in [0.3, 0.4) is 0 Å². The maximum absolute atomic E-state index is 9.04. The molecule has 0 aliphatic heterocycles. The zero-order valence-corrected chi connectivity index (χ0v) is 9.28. The number of hydrogen-bond acceptors (Lipinski definition) is 3. The fourth-order valence-corrected chi connectivity index (χ4v) is 3.07. The molecule has 2 nitrogen and oxygen atoms in total. The first kappa shape index (κ1) is 10.9. The molecule has 1 fully saturated rings. The summed E-state index contributed by atoms with van der Waals surface area (Å²) >= 11 is 2.03. The fraction of sp³-hybridized carbons (Fsp3) is 0.900. The zero-order valence-electron chi connectivity index (χ0n) is 8.47. The van der Waals surface area contributed by atoms with Gasteiger partial charge in [-0.3, -0.25) is 0 Å². The molecule has 1 N–H and O–H groups in total. The molecule has 3 heteroatoms. The average molecular weight is 198 g/mol. The molecule has 2 unspecified atom stereocenters. The molecule has 0 radical (unpaired) electrons. The molecule has 1 rings (SSSR count). The van der Waals surface area contributed by atoms with Gasteiger partial charge in [0.2, 0.25) is 0 Å². The van der Waals surface area contributed by atoms with Gasteiger partial charge in [-0.15, -0.1) is 0 Å². The van der Waals surface area contributed by atoms with Crippen molar-refractivity contribution in [2.24, 2.45) is 0 Å². The number of nitrogens with zero attached hydrogens (tertiary/aromatic N) is 1. The van der Waals surface area contributed by atoms with E-state index in [9.17, 15) is 0 Å². The average Bonchev–Trinajstić information content (AvgIpc) is 2.59. The summed E-state index contributed by atoms with van der Waals surface area (Å²) in [7, 11) is 1.90. The fourth-order valence-electron chi connectivity index (χ4n) is 1.81. The number of thioether (sulfide) groups is 1. The van der Waals surface area contributed by atoms with Gasteiger partial charge in [-0.1, -0.05) is 6.92 Å². The molecule has 0 spiro atoms. The van der Waals surface area contributed by atoms with Crippen molar-refractivity contribution in [2.45, 2.75) is 43.4 Å². The number of hydrogen-bond donors (Lipinski definition) is 1. The van der Waals surface area contributed by atoms with Crippen molar-refractivity contribution in [3.05, 3.63) is 0 Å². The van der Waals surface area contributed by atoms with Crippen molar-refractivity contribution in [1.82, 2.24) is 5.32 Å². The first-order valence-corrected chi connectivity index (χ1v) is 6.03. The molecular formula is C10H18N2S. The van der Waals surface area contributed by atoms with Crippen LogP contribution >= 0.6 is 11.8 Å². The first-order valence-electron chi connectivity index (χ1n) is 4.98. The van der Waals surface area contributed by atoms with E-state index in [-0.39, 0.29) is 5.54 Å². The van der Waals surface area contributed by atoms with E-state index in [0.717, 1.165) is 12.8 Å². The molecule has 0 amide bonds. The highest BCUT2D eigenvalue weighted by molar-refractivity contribution is 7.99. The molecule has 13 heavy (non-hydrogen) atoms. The van der Waals surface area contributed by atoms with E-state index < -0.39 is 0 Å². The molecular weight excluding hydrogens is 180 g/mol. The maximum atomic E-state index is 9.04. The van der Waals surface area contributed by atoms with Crippen LogP contribution in [0.1, 0.15) is 32.6 Å². The number of rotatable bonds is 4. The molecule has 2 atom stereocenters. The quantitative estimate of drug-likeness (QED) is 0.752. The molecule has 0 bridgehead atoms. The van der Waals surface area contributed by atoms with Gasteiger partial charge in [-0.05, 0) is 38.5 Å². The lowest BCUT2D eigenvalue weighted by molar-refractivity contribution is 0.464. The van der Waals surface area contributed by atoms with Gasteiger partial charge in [-0.2, -0.15) is 17.0 Å². The zero-order chi connectivity index (χ0) is 9.73. The van der Waals surface area contributed by atoms with Crippen LogP contribution in [-0.4, -0.2) is 23.6 Å². The van der Waals surface area contributed by atoms with Gasteiger partial charge in [0.25, 0.3) is 0 Å². The summed E-state index contributed by atoms with van der Waals surface area (Å²) in [6.07, 6.45) is 4.46. The topological polar surface area (TPSA) is 35.8 Å². The summed E-state index contributed by atoms with van der Waals surface area (Å²) in [6, 6.07) is 2.41. The van der Waals surface area contributed by atoms with E-state index in [4.69, 9.17) is 5.26 Å². The second-order valence-electron chi connectivity index (χ2n) is 3.68. The molecule has 1 aliphatic rings. The third-order valence-corrected chi connectivity index (χ3v) is 4.24. The van der Waals surface area contributed by atoms with Gasteiger partial charge in [0, 0.05) is 5.25 Å². The third kappa shape index (κ3) is 2.62.